The molecule has 2 aliphatic carbocycles. The smallest absolute Gasteiger partial charge is 0.194 e. The van der Waals surface area contributed by atoms with E-state index in [0.717, 1.165) is 39.6 Å². The highest BCUT2D eigenvalue weighted by molar-refractivity contribution is 6.10. The molecule has 0 unspecified atom stereocenters. The van der Waals surface area contributed by atoms with E-state index >= 15 is 0 Å². The molecule has 0 bridgehead atoms. The lowest BCUT2D eigenvalue weighted by Crippen LogP contribution is -2.25. The van der Waals surface area contributed by atoms with Gasteiger partial charge in [0, 0.05) is 33.4 Å². The van der Waals surface area contributed by atoms with E-state index < -0.39 is 5.41 Å². The van der Waals surface area contributed by atoms with Crippen molar-refractivity contribution in [3.63, 3.8) is 0 Å². The van der Waals surface area contributed by atoms with E-state index in [1.54, 1.807) is 0 Å². The van der Waals surface area contributed by atoms with Gasteiger partial charge in [-0.2, -0.15) is 0 Å². The van der Waals surface area contributed by atoms with Gasteiger partial charge >= 0.3 is 0 Å². The molecule has 3 aliphatic rings. The summed E-state index contributed by atoms with van der Waals surface area (Å²) in [6, 6.07) is 73.7. The van der Waals surface area contributed by atoms with Crippen LogP contribution in [0.3, 0.4) is 0 Å². The molecule has 0 N–H and O–H groups in total. The first-order valence-corrected chi connectivity index (χ1v) is 20.2. The largest absolute Gasteiger partial charge is 0.449 e. The fourth-order valence-electron chi connectivity index (χ4n) is 10.4. The van der Waals surface area contributed by atoms with Crippen LogP contribution in [0.15, 0.2) is 206 Å². The zero-order valence-electron chi connectivity index (χ0n) is 31.8. The van der Waals surface area contributed by atoms with Crippen molar-refractivity contribution in [1.82, 2.24) is 4.57 Å². The number of aromatic nitrogens is 1. The van der Waals surface area contributed by atoms with Crippen molar-refractivity contribution in [2.75, 3.05) is 4.90 Å². The fraction of sp³-hybridized carbons (Fsp3) is 0.0182. The molecule has 4 heteroatoms. The summed E-state index contributed by atoms with van der Waals surface area (Å²) < 4.78 is 16.6. The molecule has 0 saturated carbocycles. The number of hydrogen-bond donors (Lipinski definition) is 0. The molecular weight excluding hydrogens is 721 g/mol. The molecule has 0 saturated heterocycles. The summed E-state index contributed by atoms with van der Waals surface area (Å²) in [6.45, 7) is 0. The standard InChI is InChI=1S/C55H34N2O2/c1-3-16-35(17-4-1)56(37-30-31-41-40-22-10-14-27-47(40)57(49(41)34-37)36-18-5-2-6-19-36)48-28-15-29-50-53(48)58-51-33-32-46-52(54(51)59-50)42-23-9-13-26-45(42)55(46)43-24-11-7-20-38(43)39-21-8-12-25-44(39)55/h1-34H. The summed E-state index contributed by atoms with van der Waals surface area (Å²) in [5.74, 6) is 2.79. The lowest BCUT2D eigenvalue weighted by Gasteiger charge is -2.32. The summed E-state index contributed by atoms with van der Waals surface area (Å²) in [6.07, 6.45) is 0. The first-order chi connectivity index (χ1) is 29.3. The highest BCUT2D eigenvalue weighted by Gasteiger charge is 2.53. The second kappa shape index (κ2) is 12.1. The summed E-state index contributed by atoms with van der Waals surface area (Å²) in [7, 11) is 0. The Balaban J connectivity index is 0.997. The average molecular weight is 755 g/mol. The minimum absolute atomic E-state index is 0.468. The van der Waals surface area contributed by atoms with Crippen LogP contribution >= 0.6 is 0 Å². The molecule has 1 aliphatic heterocycles. The van der Waals surface area contributed by atoms with Crippen molar-refractivity contribution in [3.8, 4) is 50.9 Å². The Morgan fingerprint density at radius 2 is 0.983 bits per heavy atom. The Labute approximate surface area is 341 Å². The van der Waals surface area contributed by atoms with Gasteiger partial charge < -0.3 is 18.9 Å². The molecule has 59 heavy (non-hydrogen) atoms. The van der Waals surface area contributed by atoms with E-state index in [1.165, 1.54) is 55.2 Å². The van der Waals surface area contributed by atoms with E-state index in [4.69, 9.17) is 9.47 Å². The minimum atomic E-state index is -0.468. The summed E-state index contributed by atoms with van der Waals surface area (Å²) in [5, 5.41) is 2.42. The lowest BCUT2D eigenvalue weighted by atomic mass is 9.70. The van der Waals surface area contributed by atoms with E-state index in [-0.39, 0.29) is 0 Å². The normalized spacial score (nSPS) is 13.5. The van der Waals surface area contributed by atoms with Crippen LogP contribution in [0.5, 0.6) is 23.0 Å². The van der Waals surface area contributed by atoms with Gasteiger partial charge in [-0.05, 0) is 99.6 Å². The number of fused-ring (bicyclic) bond motifs is 16. The molecule has 0 atom stereocenters. The van der Waals surface area contributed by atoms with Crippen LogP contribution in [-0.4, -0.2) is 4.57 Å². The van der Waals surface area contributed by atoms with Crippen LogP contribution in [0.25, 0.3) is 49.7 Å². The maximum Gasteiger partial charge on any atom is 0.194 e. The zero-order valence-corrected chi connectivity index (χ0v) is 31.8. The van der Waals surface area contributed by atoms with Gasteiger partial charge in [0.05, 0.1) is 22.1 Å². The van der Waals surface area contributed by atoms with Gasteiger partial charge in [-0.15, -0.1) is 0 Å². The van der Waals surface area contributed by atoms with Crippen molar-refractivity contribution in [1.29, 1.82) is 0 Å². The molecule has 276 valence electrons. The number of nitrogens with zero attached hydrogens (tertiary/aromatic N) is 2. The number of para-hydroxylation sites is 4. The first-order valence-electron chi connectivity index (χ1n) is 20.2. The van der Waals surface area contributed by atoms with Crippen molar-refractivity contribution < 1.29 is 9.47 Å². The molecule has 4 nitrogen and oxygen atoms in total. The zero-order chi connectivity index (χ0) is 38.7. The minimum Gasteiger partial charge on any atom is -0.449 e. The predicted octanol–water partition coefficient (Wildman–Crippen LogP) is 14.5. The molecule has 10 aromatic rings. The number of hydrogen-bond acceptors (Lipinski definition) is 3. The Morgan fingerprint density at radius 1 is 0.390 bits per heavy atom. The van der Waals surface area contributed by atoms with Crippen LogP contribution in [0.1, 0.15) is 22.3 Å². The van der Waals surface area contributed by atoms with Gasteiger partial charge in [0.2, 0.25) is 0 Å². The molecule has 0 amide bonds. The quantitative estimate of drug-likeness (QED) is 0.179. The van der Waals surface area contributed by atoms with E-state index in [2.05, 4.69) is 210 Å². The second-order valence-corrected chi connectivity index (χ2v) is 15.6. The van der Waals surface area contributed by atoms with E-state index in [9.17, 15) is 0 Å². The molecule has 9 aromatic carbocycles. The molecule has 2 heterocycles. The number of rotatable bonds is 4. The van der Waals surface area contributed by atoms with Crippen molar-refractivity contribution >= 4 is 38.9 Å². The maximum atomic E-state index is 7.15. The van der Waals surface area contributed by atoms with Crippen LogP contribution < -0.4 is 14.4 Å². The van der Waals surface area contributed by atoms with Crippen molar-refractivity contribution in [3.05, 3.63) is 229 Å². The van der Waals surface area contributed by atoms with Crippen molar-refractivity contribution in [2.45, 2.75) is 5.41 Å². The van der Waals surface area contributed by atoms with Crippen molar-refractivity contribution in [2.24, 2.45) is 0 Å². The predicted molar refractivity (Wildman–Crippen MR) is 238 cm³/mol. The highest BCUT2D eigenvalue weighted by Crippen LogP contribution is 2.66. The van der Waals surface area contributed by atoms with E-state index in [0.29, 0.717) is 17.2 Å². The Hall–Kier alpha value is -7.82. The topological polar surface area (TPSA) is 26.6 Å². The van der Waals surface area contributed by atoms with Crippen LogP contribution in [0.2, 0.25) is 0 Å². The summed E-state index contributed by atoms with van der Waals surface area (Å²) in [4.78, 5) is 2.28. The average Bonchev–Trinajstić information content (AvgIpc) is 3.91. The van der Waals surface area contributed by atoms with E-state index in [1.807, 2.05) is 6.07 Å². The highest BCUT2D eigenvalue weighted by atomic mass is 16.6. The maximum absolute atomic E-state index is 7.15. The van der Waals surface area contributed by atoms with Gasteiger partial charge in [0.1, 0.15) is 0 Å². The fourth-order valence-corrected chi connectivity index (χ4v) is 10.4. The molecular formula is C55H34N2O2. The van der Waals surface area contributed by atoms with Crippen LogP contribution in [-0.2, 0) is 5.41 Å². The lowest BCUT2D eigenvalue weighted by molar-refractivity contribution is 0.361. The third-order valence-electron chi connectivity index (χ3n) is 12.6. The molecule has 1 aromatic heterocycles. The first kappa shape index (κ1) is 32.3. The third-order valence-corrected chi connectivity index (χ3v) is 12.6. The number of benzene rings is 9. The summed E-state index contributed by atoms with van der Waals surface area (Å²) >= 11 is 0. The molecule has 0 radical (unpaired) electrons. The van der Waals surface area contributed by atoms with Crippen LogP contribution in [0, 0.1) is 0 Å². The van der Waals surface area contributed by atoms with Gasteiger partial charge in [-0.3, -0.25) is 0 Å². The Kier molecular flexibility index (Phi) is 6.62. The monoisotopic (exact) mass is 754 g/mol. The SMILES string of the molecule is c1ccc(N(c2ccc3c4ccccc4n(-c4ccccc4)c3c2)c2cccc3c2Oc2ccc4c(c2O3)-c2ccccc2C42c3ccccc3-c3ccccc32)cc1. The summed E-state index contributed by atoms with van der Waals surface area (Å²) in [5.41, 5.74) is 15.7. The molecule has 13 rings (SSSR count). The van der Waals surface area contributed by atoms with Crippen LogP contribution in [0.4, 0.5) is 17.1 Å². The third kappa shape index (κ3) is 4.32. The van der Waals surface area contributed by atoms with Gasteiger partial charge in [-0.25, -0.2) is 0 Å². The van der Waals surface area contributed by atoms with Gasteiger partial charge in [0.15, 0.2) is 23.0 Å². The Morgan fingerprint density at radius 3 is 1.75 bits per heavy atom. The molecule has 1 spiro atoms. The second-order valence-electron chi connectivity index (χ2n) is 15.6. The Bertz CT molecular complexity index is 3300. The number of anilines is 3. The molecule has 0 fully saturated rings. The van der Waals surface area contributed by atoms with Gasteiger partial charge in [0.25, 0.3) is 0 Å². The van der Waals surface area contributed by atoms with Gasteiger partial charge in [-0.1, -0.05) is 146 Å². The number of ether oxygens (including phenoxy) is 2.